The Labute approximate surface area is 108 Å². The van der Waals surface area contributed by atoms with E-state index in [4.69, 9.17) is 10.4 Å². The number of nitrogens with zero attached hydrogens (tertiary/aromatic N) is 1. The number of halogens is 3. The minimum atomic E-state index is -4.60. The van der Waals surface area contributed by atoms with E-state index in [1.807, 2.05) is 0 Å². The van der Waals surface area contributed by atoms with Crippen molar-refractivity contribution in [3.05, 3.63) is 29.3 Å². The molecule has 19 heavy (non-hydrogen) atoms. The summed E-state index contributed by atoms with van der Waals surface area (Å²) in [7, 11) is 0. The van der Waals surface area contributed by atoms with Crippen LogP contribution in [0.25, 0.3) is 0 Å². The smallest absolute Gasteiger partial charge is 0.396 e. The minimum Gasteiger partial charge on any atom is -0.396 e. The highest BCUT2D eigenvalue weighted by molar-refractivity contribution is 5.53. The maximum absolute atomic E-state index is 12.7. The van der Waals surface area contributed by atoms with Crippen LogP contribution >= 0.6 is 0 Å². The van der Waals surface area contributed by atoms with Gasteiger partial charge in [0.05, 0.1) is 23.3 Å². The zero-order chi connectivity index (χ0) is 14.5. The summed E-state index contributed by atoms with van der Waals surface area (Å²) in [4.78, 5) is 0. The molecule has 1 rings (SSSR count). The van der Waals surface area contributed by atoms with Crippen molar-refractivity contribution in [1.29, 1.82) is 5.26 Å². The summed E-state index contributed by atoms with van der Waals surface area (Å²) in [5.41, 5.74) is -1.31. The predicted octanol–water partition coefficient (Wildman–Crippen LogP) is 1.73. The molecule has 1 aromatic carbocycles. The highest BCUT2D eigenvalue weighted by Crippen LogP contribution is 2.33. The van der Waals surface area contributed by atoms with Crippen LogP contribution in [-0.2, 0) is 6.18 Å². The zero-order valence-corrected chi connectivity index (χ0v) is 9.91. The maximum Gasteiger partial charge on any atom is 0.417 e. The van der Waals surface area contributed by atoms with Gasteiger partial charge >= 0.3 is 6.18 Å². The van der Waals surface area contributed by atoms with E-state index in [1.54, 1.807) is 0 Å². The van der Waals surface area contributed by atoms with E-state index in [0.29, 0.717) is 0 Å². The molecule has 0 aliphatic rings. The van der Waals surface area contributed by atoms with Gasteiger partial charge in [-0.2, -0.15) is 18.4 Å². The van der Waals surface area contributed by atoms with Gasteiger partial charge in [0.15, 0.2) is 0 Å². The Morgan fingerprint density at radius 3 is 2.58 bits per heavy atom. The average Bonchev–Trinajstić information content (AvgIpc) is 2.35. The third-order valence-corrected chi connectivity index (χ3v) is 2.45. The quantitative estimate of drug-likeness (QED) is 0.764. The van der Waals surface area contributed by atoms with Crippen LogP contribution in [0.1, 0.15) is 17.5 Å². The van der Waals surface area contributed by atoms with Crippen LogP contribution < -0.4 is 5.32 Å². The maximum atomic E-state index is 12.7. The molecular formula is C12H13F3N2O2. The molecule has 0 bridgehead atoms. The van der Waals surface area contributed by atoms with E-state index in [-0.39, 0.29) is 25.3 Å². The van der Waals surface area contributed by atoms with Crippen LogP contribution in [0.2, 0.25) is 0 Å². The third kappa shape index (κ3) is 4.43. The summed E-state index contributed by atoms with van der Waals surface area (Å²) in [6, 6.07) is 4.71. The fourth-order valence-corrected chi connectivity index (χ4v) is 1.47. The topological polar surface area (TPSA) is 76.3 Å². The molecule has 0 spiro atoms. The lowest BCUT2D eigenvalue weighted by Crippen LogP contribution is -2.21. The van der Waals surface area contributed by atoms with Gasteiger partial charge in [-0.1, -0.05) is 0 Å². The number of hydrogen-bond acceptors (Lipinski definition) is 4. The SMILES string of the molecule is N#Cc1ccc(NC[C@@H](O)CCO)cc1C(F)(F)F. The predicted molar refractivity (Wildman–Crippen MR) is 62.4 cm³/mol. The average molecular weight is 274 g/mol. The molecule has 0 aliphatic heterocycles. The summed E-state index contributed by atoms with van der Waals surface area (Å²) in [5.74, 6) is 0. The molecule has 7 heteroatoms. The van der Waals surface area contributed by atoms with Gasteiger partial charge in [0.25, 0.3) is 0 Å². The zero-order valence-electron chi connectivity index (χ0n) is 9.91. The van der Waals surface area contributed by atoms with E-state index in [0.717, 1.165) is 12.1 Å². The Hall–Kier alpha value is -1.78. The third-order valence-electron chi connectivity index (χ3n) is 2.45. The van der Waals surface area contributed by atoms with Crippen molar-refractivity contribution in [2.45, 2.75) is 18.7 Å². The van der Waals surface area contributed by atoms with Crippen molar-refractivity contribution in [2.24, 2.45) is 0 Å². The van der Waals surface area contributed by atoms with Crippen molar-refractivity contribution in [1.82, 2.24) is 0 Å². The number of benzene rings is 1. The van der Waals surface area contributed by atoms with E-state index in [9.17, 15) is 18.3 Å². The Bertz CT molecular complexity index is 469. The van der Waals surface area contributed by atoms with Crippen LogP contribution in [0, 0.1) is 11.3 Å². The lowest BCUT2D eigenvalue weighted by Gasteiger charge is -2.14. The Morgan fingerprint density at radius 1 is 1.37 bits per heavy atom. The van der Waals surface area contributed by atoms with Crippen molar-refractivity contribution >= 4 is 5.69 Å². The van der Waals surface area contributed by atoms with Gasteiger partial charge in [-0.3, -0.25) is 0 Å². The van der Waals surface area contributed by atoms with Crippen molar-refractivity contribution in [3.63, 3.8) is 0 Å². The van der Waals surface area contributed by atoms with Crippen molar-refractivity contribution < 1.29 is 23.4 Å². The van der Waals surface area contributed by atoms with Crippen LogP contribution in [0.5, 0.6) is 0 Å². The van der Waals surface area contributed by atoms with Gasteiger partial charge in [0.2, 0.25) is 0 Å². The molecule has 0 radical (unpaired) electrons. The first-order chi connectivity index (χ1) is 8.88. The molecule has 4 nitrogen and oxygen atoms in total. The number of nitriles is 1. The van der Waals surface area contributed by atoms with Crippen LogP contribution in [0.3, 0.4) is 0 Å². The highest BCUT2D eigenvalue weighted by atomic mass is 19.4. The van der Waals surface area contributed by atoms with Gasteiger partial charge in [0.1, 0.15) is 0 Å². The molecular weight excluding hydrogens is 261 g/mol. The molecule has 0 heterocycles. The van der Waals surface area contributed by atoms with Crippen LogP contribution in [0.15, 0.2) is 18.2 Å². The first-order valence-corrected chi connectivity index (χ1v) is 5.52. The van der Waals surface area contributed by atoms with Crippen LogP contribution in [-0.4, -0.2) is 29.5 Å². The molecule has 1 aromatic rings. The van der Waals surface area contributed by atoms with Gasteiger partial charge in [-0.15, -0.1) is 0 Å². The number of aliphatic hydroxyl groups excluding tert-OH is 2. The number of nitrogens with one attached hydrogen (secondary N) is 1. The molecule has 1 atom stereocenters. The number of hydrogen-bond donors (Lipinski definition) is 3. The first-order valence-electron chi connectivity index (χ1n) is 5.52. The molecule has 0 aliphatic carbocycles. The summed E-state index contributed by atoms with van der Waals surface area (Å²) in [6.07, 6.45) is -5.32. The van der Waals surface area contributed by atoms with Crippen LogP contribution in [0.4, 0.5) is 18.9 Å². The van der Waals surface area contributed by atoms with Gasteiger partial charge in [-0.25, -0.2) is 0 Å². The second-order valence-corrected chi connectivity index (χ2v) is 3.92. The highest BCUT2D eigenvalue weighted by Gasteiger charge is 2.33. The van der Waals surface area contributed by atoms with Crippen molar-refractivity contribution in [2.75, 3.05) is 18.5 Å². The number of anilines is 1. The Balaban J connectivity index is 2.85. The summed E-state index contributed by atoms with van der Waals surface area (Å²) < 4.78 is 38.0. The standard InChI is InChI=1S/C12H13F3N2O2/c13-12(14,15)11-5-9(2-1-8(11)6-16)17-7-10(19)3-4-18/h1-2,5,10,17-19H,3-4,7H2/t10-/m0/s1. The van der Waals surface area contributed by atoms with E-state index in [2.05, 4.69) is 5.32 Å². The van der Waals surface area contributed by atoms with E-state index >= 15 is 0 Å². The first kappa shape index (κ1) is 15.3. The van der Waals surface area contributed by atoms with Gasteiger partial charge in [0, 0.05) is 18.8 Å². The van der Waals surface area contributed by atoms with Gasteiger partial charge < -0.3 is 15.5 Å². The normalized spacial score (nSPS) is 12.8. The summed E-state index contributed by atoms with van der Waals surface area (Å²) in [6.45, 7) is -0.187. The lowest BCUT2D eigenvalue weighted by atomic mass is 10.1. The lowest BCUT2D eigenvalue weighted by molar-refractivity contribution is -0.137. The Kier molecular flexibility index (Phi) is 5.15. The van der Waals surface area contributed by atoms with Crippen molar-refractivity contribution in [3.8, 4) is 6.07 Å². The fourth-order valence-electron chi connectivity index (χ4n) is 1.47. The summed E-state index contributed by atoms with van der Waals surface area (Å²) >= 11 is 0. The molecule has 104 valence electrons. The van der Waals surface area contributed by atoms with Gasteiger partial charge in [-0.05, 0) is 24.6 Å². The molecule has 3 N–H and O–H groups in total. The summed E-state index contributed by atoms with van der Waals surface area (Å²) in [5, 5.41) is 29.2. The number of aliphatic hydroxyl groups is 2. The van der Waals surface area contributed by atoms with E-state index in [1.165, 1.54) is 12.1 Å². The molecule has 0 amide bonds. The molecule has 0 saturated heterocycles. The Morgan fingerprint density at radius 2 is 2.05 bits per heavy atom. The largest absolute Gasteiger partial charge is 0.417 e. The molecule has 0 fully saturated rings. The number of rotatable bonds is 5. The van der Waals surface area contributed by atoms with E-state index < -0.39 is 23.4 Å². The minimum absolute atomic E-state index is 0.0176. The molecule has 0 unspecified atom stereocenters. The second kappa shape index (κ2) is 6.41. The molecule has 0 aromatic heterocycles. The monoisotopic (exact) mass is 274 g/mol. The second-order valence-electron chi connectivity index (χ2n) is 3.92. The number of alkyl halides is 3. The fraction of sp³-hybridized carbons (Fsp3) is 0.417. The molecule has 0 saturated carbocycles.